The number of nitrogens with one attached hydrogen (secondary N) is 2. The smallest absolute Gasteiger partial charge is 0.353 e. The van der Waals surface area contributed by atoms with Gasteiger partial charge in [-0.2, -0.15) is 0 Å². The Bertz CT molecular complexity index is 1250. The molecule has 3 amide bonds. The Kier molecular flexibility index (Phi) is 8.31. The third-order valence-electron chi connectivity index (χ3n) is 5.13. The minimum Gasteiger partial charge on any atom is -0.477 e. The Morgan fingerprint density at radius 2 is 1.97 bits per heavy atom. The lowest BCUT2D eigenvalue weighted by Gasteiger charge is -2.49. The topological polar surface area (TPSA) is 177 Å². The van der Waals surface area contributed by atoms with Gasteiger partial charge in [0.05, 0.1) is 0 Å². The fourth-order valence-electron chi connectivity index (χ4n) is 3.31. The number of hydrogen-bond acceptors (Lipinski definition) is 11. The van der Waals surface area contributed by atoms with Crippen LogP contribution in [0.4, 0.5) is 5.13 Å². The van der Waals surface area contributed by atoms with E-state index in [1.165, 1.54) is 37.1 Å². The lowest BCUT2D eigenvalue weighted by Crippen LogP contribution is -2.71. The largest absolute Gasteiger partial charge is 0.477 e. The van der Waals surface area contributed by atoms with E-state index in [1.807, 2.05) is 0 Å². The third-order valence-corrected chi connectivity index (χ3v) is 7.21. The van der Waals surface area contributed by atoms with E-state index < -0.39 is 46.4 Å². The number of amides is 3. The SMILES string of the molecule is C=CC1=C(C(=O)O)N2C(=O)C(NC(=O)C(=NOC(C)(C)C(=O)OC(C)(C)C)c3csc(NC=O)n3)[C@@H]2SC1. The van der Waals surface area contributed by atoms with Crippen molar-refractivity contribution in [2.45, 2.75) is 57.2 Å². The first kappa shape index (κ1) is 28.8. The van der Waals surface area contributed by atoms with E-state index in [4.69, 9.17) is 9.57 Å². The summed E-state index contributed by atoms with van der Waals surface area (Å²) in [5.74, 6) is -3.21. The van der Waals surface area contributed by atoms with Gasteiger partial charge in [-0.15, -0.1) is 23.1 Å². The summed E-state index contributed by atoms with van der Waals surface area (Å²) in [6, 6.07) is -1.05. The molecule has 204 valence electrons. The number of esters is 1. The van der Waals surface area contributed by atoms with E-state index >= 15 is 0 Å². The van der Waals surface area contributed by atoms with Crippen LogP contribution in [0.5, 0.6) is 0 Å². The van der Waals surface area contributed by atoms with Crippen LogP contribution < -0.4 is 10.6 Å². The summed E-state index contributed by atoms with van der Waals surface area (Å²) in [6.45, 7) is 11.5. The quantitative estimate of drug-likeness (QED) is 0.124. The molecule has 3 N–H and O–H groups in total. The molecule has 1 aromatic heterocycles. The maximum absolute atomic E-state index is 13.3. The van der Waals surface area contributed by atoms with E-state index in [0.717, 1.165) is 16.2 Å². The van der Waals surface area contributed by atoms with Gasteiger partial charge in [0, 0.05) is 11.1 Å². The standard InChI is InChI=1S/C23H27N5O8S2/c1-7-11-8-37-18-14(17(31)28(18)15(11)19(32)33)26-16(30)13(12-9-38-21(25-12)24-10-29)27-36-23(5,6)20(34)35-22(2,3)4/h7,9-10,14,18H,1,8H2,2-6H3,(H,26,30)(H,32,33)(H,24,25,29)/t14?,18-/m0/s1. The van der Waals surface area contributed by atoms with Gasteiger partial charge < -0.3 is 25.3 Å². The molecule has 0 radical (unpaired) electrons. The van der Waals surface area contributed by atoms with Crippen LogP contribution in [0, 0.1) is 0 Å². The van der Waals surface area contributed by atoms with Crippen LogP contribution in [0.25, 0.3) is 0 Å². The second-order valence-electron chi connectivity index (χ2n) is 9.59. The van der Waals surface area contributed by atoms with Crippen LogP contribution in [0.1, 0.15) is 40.3 Å². The van der Waals surface area contributed by atoms with Crippen molar-refractivity contribution in [1.29, 1.82) is 0 Å². The fraction of sp³-hybridized carbons (Fsp3) is 0.435. The molecule has 2 aliphatic rings. The molecule has 1 saturated heterocycles. The number of thiazole rings is 1. The normalized spacial score (nSPS) is 19.7. The van der Waals surface area contributed by atoms with Crippen LogP contribution in [-0.4, -0.2) is 79.2 Å². The van der Waals surface area contributed by atoms with Gasteiger partial charge in [0.2, 0.25) is 12.0 Å². The molecule has 15 heteroatoms. The van der Waals surface area contributed by atoms with Crippen molar-refractivity contribution in [1.82, 2.24) is 15.2 Å². The van der Waals surface area contributed by atoms with Crippen molar-refractivity contribution in [3.63, 3.8) is 0 Å². The van der Waals surface area contributed by atoms with Crippen molar-refractivity contribution in [3.05, 3.63) is 35.0 Å². The number of thioether (sulfide) groups is 1. The minimum absolute atomic E-state index is 0.0110. The van der Waals surface area contributed by atoms with Crippen LogP contribution in [0.15, 0.2) is 34.5 Å². The van der Waals surface area contributed by atoms with Gasteiger partial charge >= 0.3 is 11.9 Å². The van der Waals surface area contributed by atoms with E-state index in [1.54, 1.807) is 20.8 Å². The number of carboxylic acids is 1. The van der Waals surface area contributed by atoms with E-state index in [2.05, 4.69) is 27.4 Å². The molecule has 0 aliphatic carbocycles. The van der Waals surface area contributed by atoms with Gasteiger partial charge in [0.25, 0.3) is 11.8 Å². The molecule has 38 heavy (non-hydrogen) atoms. The molecule has 1 aromatic rings. The lowest BCUT2D eigenvalue weighted by atomic mass is 10.0. The number of nitrogens with zero attached hydrogens (tertiary/aromatic N) is 3. The fourth-order valence-corrected chi connectivity index (χ4v) is 5.31. The number of ether oxygens (including phenoxy) is 1. The van der Waals surface area contributed by atoms with Gasteiger partial charge in [0.15, 0.2) is 10.8 Å². The average molecular weight is 566 g/mol. The van der Waals surface area contributed by atoms with Crippen LogP contribution in [0.3, 0.4) is 0 Å². The number of carbonyl (C=O) groups excluding carboxylic acids is 4. The first-order chi connectivity index (χ1) is 17.7. The zero-order chi connectivity index (χ0) is 28.4. The van der Waals surface area contributed by atoms with E-state index in [0.29, 0.717) is 12.0 Å². The molecular weight excluding hydrogens is 538 g/mol. The Labute approximate surface area is 226 Å². The number of carbonyl (C=O) groups is 5. The summed E-state index contributed by atoms with van der Waals surface area (Å²) in [5, 5.41) is 19.3. The zero-order valence-corrected chi connectivity index (χ0v) is 22.9. The number of anilines is 1. The predicted molar refractivity (Wildman–Crippen MR) is 139 cm³/mol. The van der Waals surface area contributed by atoms with Crippen molar-refractivity contribution < 1.29 is 38.7 Å². The summed E-state index contributed by atoms with van der Waals surface area (Å²) >= 11 is 2.28. The monoisotopic (exact) mass is 565 g/mol. The lowest BCUT2D eigenvalue weighted by molar-refractivity contribution is -0.179. The number of aliphatic carboxylic acids is 1. The molecule has 1 unspecified atom stereocenters. The summed E-state index contributed by atoms with van der Waals surface area (Å²) < 4.78 is 5.34. The van der Waals surface area contributed by atoms with Gasteiger partial charge in [-0.1, -0.05) is 17.8 Å². The highest BCUT2D eigenvalue weighted by molar-refractivity contribution is 8.00. The number of allylic oxidation sites excluding steroid dienone is 1. The number of aromatic nitrogens is 1. The van der Waals surface area contributed by atoms with Crippen molar-refractivity contribution in [2.24, 2.45) is 5.16 Å². The Hall–Kier alpha value is -3.72. The molecule has 0 bridgehead atoms. The number of carboxylic acid groups (broad SMARTS) is 1. The molecule has 2 aliphatic heterocycles. The van der Waals surface area contributed by atoms with Gasteiger partial charge in [0.1, 0.15) is 28.4 Å². The van der Waals surface area contributed by atoms with Gasteiger partial charge in [-0.3, -0.25) is 19.3 Å². The Morgan fingerprint density at radius 3 is 2.55 bits per heavy atom. The van der Waals surface area contributed by atoms with Gasteiger partial charge in [-0.05, 0) is 40.2 Å². The highest BCUT2D eigenvalue weighted by Crippen LogP contribution is 2.40. The first-order valence-corrected chi connectivity index (χ1v) is 13.1. The Morgan fingerprint density at radius 1 is 1.29 bits per heavy atom. The van der Waals surface area contributed by atoms with Crippen LogP contribution in [0.2, 0.25) is 0 Å². The number of oxime groups is 1. The summed E-state index contributed by atoms with van der Waals surface area (Å²) in [6.07, 6.45) is 1.79. The van der Waals surface area contributed by atoms with Crippen LogP contribution in [-0.2, 0) is 33.5 Å². The molecule has 3 rings (SSSR count). The average Bonchev–Trinajstić information content (AvgIpc) is 3.28. The third kappa shape index (κ3) is 6.05. The number of β-lactam (4-membered cyclic amide) rings is 1. The molecule has 3 heterocycles. The second kappa shape index (κ2) is 10.9. The number of rotatable bonds is 10. The molecule has 2 atom stereocenters. The molecule has 0 saturated carbocycles. The first-order valence-electron chi connectivity index (χ1n) is 11.2. The van der Waals surface area contributed by atoms with Gasteiger partial charge in [-0.25, -0.2) is 14.6 Å². The maximum Gasteiger partial charge on any atom is 0.353 e. The van der Waals surface area contributed by atoms with E-state index in [-0.39, 0.29) is 28.0 Å². The minimum atomic E-state index is -1.59. The zero-order valence-electron chi connectivity index (χ0n) is 21.3. The molecule has 0 aromatic carbocycles. The highest BCUT2D eigenvalue weighted by atomic mass is 32.2. The summed E-state index contributed by atoms with van der Waals surface area (Å²) in [5.41, 5.74) is -2.53. The predicted octanol–water partition coefficient (Wildman–Crippen LogP) is 1.48. The molecular formula is C23H27N5O8S2. The highest BCUT2D eigenvalue weighted by Gasteiger charge is 2.54. The van der Waals surface area contributed by atoms with Crippen LogP contribution >= 0.6 is 23.1 Å². The molecule has 13 nitrogen and oxygen atoms in total. The molecule has 0 spiro atoms. The second-order valence-corrected chi connectivity index (χ2v) is 11.6. The number of fused-ring (bicyclic) bond motifs is 1. The van der Waals surface area contributed by atoms with Crippen molar-refractivity contribution >= 4 is 64.1 Å². The summed E-state index contributed by atoms with van der Waals surface area (Å²) in [7, 11) is 0. The van der Waals surface area contributed by atoms with Crippen molar-refractivity contribution in [3.8, 4) is 0 Å². The van der Waals surface area contributed by atoms with E-state index in [9.17, 15) is 29.1 Å². The maximum atomic E-state index is 13.3. The number of hydrogen-bond donors (Lipinski definition) is 3. The molecule has 1 fully saturated rings. The Balaban J connectivity index is 1.86. The van der Waals surface area contributed by atoms with Crippen molar-refractivity contribution in [2.75, 3.05) is 11.1 Å². The summed E-state index contributed by atoms with van der Waals surface area (Å²) in [4.78, 5) is 71.9.